The van der Waals surface area contributed by atoms with Crippen molar-refractivity contribution >= 4 is 0 Å². The van der Waals surface area contributed by atoms with Crippen LogP contribution in [0.4, 0.5) is 0 Å². The van der Waals surface area contributed by atoms with Gasteiger partial charge in [0.15, 0.2) is 0 Å². The zero-order chi connectivity index (χ0) is 31.3. The average Bonchev–Trinajstić information content (AvgIpc) is 3.56. The van der Waals surface area contributed by atoms with E-state index in [1.807, 2.05) is 5.57 Å². The van der Waals surface area contributed by atoms with E-state index in [0.717, 1.165) is 5.92 Å². The molecule has 46 heavy (non-hydrogen) atoms. The quantitative estimate of drug-likeness (QED) is 0.318. The van der Waals surface area contributed by atoms with E-state index in [9.17, 15) is 0 Å². The molecule has 0 heterocycles. The Morgan fingerprint density at radius 2 is 1.26 bits per heavy atom. The summed E-state index contributed by atoms with van der Waals surface area (Å²) in [6, 6.07) is 10.5. The van der Waals surface area contributed by atoms with Crippen LogP contribution in [0, 0.1) is 36.5 Å². The number of hydrogen-bond acceptors (Lipinski definition) is 0. The molecule has 4 aliphatic carbocycles. The fourth-order valence-electron chi connectivity index (χ4n) is 9.75. The van der Waals surface area contributed by atoms with Crippen molar-refractivity contribution in [1.82, 2.24) is 0 Å². The molecular weight excluding hydrogens is 679 g/mol. The Bertz CT molecular complexity index is 1500. The maximum atomic E-state index is 2.72. The molecule has 3 heteroatoms. The molecule has 0 amide bonds. The number of rotatable bonds is 3. The molecular formula is C43H58Cl2Zr. The van der Waals surface area contributed by atoms with Gasteiger partial charge in [0.05, 0.1) is 0 Å². The second-order valence-electron chi connectivity index (χ2n) is 17.8. The minimum atomic E-state index is 0. The Balaban J connectivity index is 0.00000192. The Morgan fingerprint density at radius 1 is 0.739 bits per heavy atom. The van der Waals surface area contributed by atoms with Crippen molar-refractivity contribution in [3.05, 3.63) is 92.6 Å². The van der Waals surface area contributed by atoms with Crippen LogP contribution in [0.3, 0.4) is 0 Å². The Morgan fingerprint density at radius 3 is 1.67 bits per heavy atom. The molecule has 0 nitrogen and oxygen atoms in total. The first kappa shape index (κ1) is 39.6. The van der Waals surface area contributed by atoms with Gasteiger partial charge in [-0.2, -0.15) is 0 Å². The van der Waals surface area contributed by atoms with Gasteiger partial charge in [0.1, 0.15) is 0 Å². The molecule has 0 saturated heterocycles. The van der Waals surface area contributed by atoms with Crippen LogP contribution >= 0.6 is 0 Å². The second kappa shape index (κ2) is 13.4. The predicted molar refractivity (Wildman–Crippen MR) is 187 cm³/mol. The van der Waals surface area contributed by atoms with Gasteiger partial charge in [-0.3, -0.25) is 0 Å². The zero-order valence-corrected chi connectivity index (χ0v) is 34.7. The molecule has 0 radical (unpaired) electrons. The van der Waals surface area contributed by atoms with Crippen molar-refractivity contribution in [3.8, 4) is 11.1 Å². The van der Waals surface area contributed by atoms with E-state index >= 15 is 0 Å². The molecule has 2 aromatic carbocycles. The minimum absolute atomic E-state index is 0. The summed E-state index contributed by atoms with van der Waals surface area (Å²) in [5.41, 5.74) is 17.9. The van der Waals surface area contributed by atoms with E-state index in [0.29, 0.717) is 11.8 Å². The molecule has 2 aromatic rings. The van der Waals surface area contributed by atoms with Crippen LogP contribution < -0.4 is 24.8 Å². The van der Waals surface area contributed by atoms with E-state index in [1.54, 1.807) is 22.3 Å². The summed E-state index contributed by atoms with van der Waals surface area (Å²) in [5.74, 6) is 1.90. The summed E-state index contributed by atoms with van der Waals surface area (Å²) in [4.78, 5) is 0. The monoisotopic (exact) mass is 734 g/mol. The van der Waals surface area contributed by atoms with E-state index in [2.05, 4.69) is 126 Å². The topological polar surface area (TPSA) is 0 Å². The predicted octanol–water partition coefficient (Wildman–Crippen LogP) is 6.46. The van der Waals surface area contributed by atoms with E-state index in [4.69, 9.17) is 0 Å². The third kappa shape index (κ3) is 6.43. The molecule has 0 N–H and O–H groups in total. The maximum Gasteiger partial charge on any atom is 2.00 e. The number of benzene rings is 2. The molecule has 0 aliphatic heterocycles. The van der Waals surface area contributed by atoms with Gasteiger partial charge in [-0.15, -0.1) is 0 Å². The van der Waals surface area contributed by atoms with Crippen LogP contribution in [0.5, 0.6) is 0 Å². The second-order valence-corrected chi connectivity index (χ2v) is 17.8. The van der Waals surface area contributed by atoms with Gasteiger partial charge in [-0.1, -0.05) is 123 Å². The van der Waals surface area contributed by atoms with Crippen LogP contribution in [-0.2, 0) is 37.0 Å². The summed E-state index contributed by atoms with van der Waals surface area (Å²) in [6.07, 6.45) is 15.2. The Hall–Kier alpha value is -0.877. The number of hydrogen-bond donors (Lipinski definition) is 0. The molecule has 248 valence electrons. The van der Waals surface area contributed by atoms with Gasteiger partial charge in [0, 0.05) is 11.3 Å². The normalized spacial score (nSPS) is 24.0. The average molecular weight is 737 g/mol. The van der Waals surface area contributed by atoms with Crippen LogP contribution in [0.1, 0.15) is 147 Å². The van der Waals surface area contributed by atoms with Gasteiger partial charge in [0.2, 0.25) is 0 Å². The third-order valence-corrected chi connectivity index (χ3v) is 12.0. The summed E-state index contributed by atoms with van der Waals surface area (Å²) < 4.78 is 0. The van der Waals surface area contributed by atoms with Crippen molar-refractivity contribution in [2.45, 2.75) is 138 Å². The molecule has 6 rings (SSSR count). The van der Waals surface area contributed by atoms with Gasteiger partial charge in [0.25, 0.3) is 0 Å². The zero-order valence-electron chi connectivity index (χ0n) is 30.8. The van der Waals surface area contributed by atoms with Crippen molar-refractivity contribution < 1.29 is 51.0 Å². The largest absolute Gasteiger partial charge is 2.00 e. The maximum absolute atomic E-state index is 2.72. The Kier molecular flexibility index (Phi) is 11.6. The first-order valence-corrected chi connectivity index (χ1v) is 17.4. The standard InChI is InChI=1S/C43H58.2ClH.Zr/c1-13-43(25-35(28-17-15-14-16-18-28)32-21-29(22-38(32)43)40(4,5)6)39-33-19-26(2)36(41(7,8)9)23-30(33)31-24-37(42(10,11)12)27(3)20-34(31)39;;;/h14-15,19-20,22-24,28,35,39H,13,16-18,21,25H2,1-12H3;2*1H;/q;;;+2/p-2. The summed E-state index contributed by atoms with van der Waals surface area (Å²) >= 11 is 0. The molecule has 3 atom stereocenters. The van der Waals surface area contributed by atoms with Gasteiger partial charge < -0.3 is 24.8 Å². The van der Waals surface area contributed by atoms with Crippen LogP contribution in [0.15, 0.2) is 59.2 Å². The fraction of sp³-hybridized carbons (Fsp3) is 0.581. The summed E-state index contributed by atoms with van der Waals surface area (Å²) in [5, 5.41) is 0. The Labute approximate surface area is 313 Å². The van der Waals surface area contributed by atoms with Crippen LogP contribution in [0.2, 0.25) is 0 Å². The van der Waals surface area contributed by atoms with E-state index in [1.165, 1.54) is 71.9 Å². The van der Waals surface area contributed by atoms with E-state index in [-0.39, 0.29) is 72.7 Å². The summed E-state index contributed by atoms with van der Waals surface area (Å²) in [7, 11) is 0. The van der Waals surface area contributed by atoms with E-state index < -0.39 is 0 Å². The molecule has 0 saturated carbocycles. The molecule has 0 bridgehead atoms. The molecule has 0 fully saturated rings. The van der Waals surface area contributed by atoms with Gasteiger partial charge in [-0.25, -0.2) is 0 Å². The smallest absolute Gasteiger partial charge is 1.00 e. The van der Waals surface area contributed by atoms with Gasteiger partial charge in [-0.05, 0) is 131 Å². The van der Waals surface area contributed by atoms with Gasteiger partial charge >= 0.3 is 26.2 Å². The van der Waals surface area contributed by atoms with Crippen LogP contribution in [0.25, 0.3) is 11.1 Å². The molecule has 3 unspecified atom stereocenters. The SMILES string of the molecule is CCC1(C2c3cc(C)c(C(C)(C)C)cc3-c3cc(C(C)(C)C)c(C)cc32)CC(C2CC=CCC2)C2=C1C=C(C(C)(C)C)C2.[Cl-].[Cl-].[Zr+2]. The molecule has 0 spiro atoms. The van der Waals surface area contributed by atoms with Crippen molar-refractivity contribution in [2.75, 3.05) is 0 Å². The first-order chi connectivity index (χ1) is 20.0. The van der Waals surface area contributed by atoms with Crippen molar-refractivity contribution in [3.63, 3.8) is 0 Å². The summed E-state index contributed by atoms with van der Waals surface area (Å²) in [6.45, 7) is 28.8. The van der Waals surface area contributed by atoms with Crippen LogP contribution in [-0.4, -0.2) is 0 Å². The number of aryl methyl sites for hydroxylation is 2. The molecule has 0 aromatic heterocycles. The number of halogens is 2. The van der Waals surface area contributed by atoms with Crippen molar-refractivity contribution in [1.29, 1.82) is 0 Å². The fourth-order valence-corrected chi connectivity index (χ4v) is 9.75. The van der Waals surface area contributed by atoms with Crippen molar-refractivity contribution in [2.24, 2.45) is 22.7 Å². The minimum Gasteiger partial charge on any atom is -1.00 e. The molecule has 4 aliphatic rings. The first-order valence-electron chi connectivity index (χ1n) is 17.4. The number of allylic oxidation sites excluding steroid dienone is 6. The third-order valence-electron chi connectivity index (χ3n) is 12.0. The number of fused-ring (bicyclic) bond motifs is 3.